The molecule has 2 N–H and O–H groups in total. The van der Waals surface area contributed by atoms with Gasteiger partial charge in [0.25, 0.3) is 5.91 Å². The van der Waals surface area contributed by atoms with Gasteiger partial charge in [0.05, 0.1) is 17.0 Å². The fourth-order valence-electron chi connectivity index (χ4n) is 2.94. The molecule has 24 heavy (non-hydrogen) atoms. The molecule has 3 unspecified atom stereocenters. The van der Waals surface area contributed by atoms with E-state index in [0.29, 0.717) is 25.2 Å². The summed E-state index contributed by atoms with van der Waals surface area (Å²) in [5.41, 5.74) is 6.33. The van der Waals surface area contributed by atoms with Crippen LogP contribution in [0, 0.1) is 5.92 Å². The standard InChI is InChI=1S/C15H15ClF3N3O2/c16-11-5-8(1-2-10(11)15(17,18)19)14(23)22-4-3-9(7-22)12-6-13(20)24-21-12/h1-2,5-6,9-11H,3-4,7,20H2. The number of likely N-dealkylation sites (tertiary alicyclic amines) is 1. The van der Waals surface area contributed by atoms with Gasteiger partial charge >= 0.3 is 6.18 Å². The number of nitrogen functional groups attached to an aromatic ring is 1. The molecule has 3 rings (SSSR count). The van der Waals surface area contributed by atoms with Crippen LogP contribution in [0.3, 0.4) is 0 Å². The first-order chi connectivity index (χ1) is 11.3. The molecule has 2 aliphatic rings. The van der Waals surface area contributed by atoms with Gasteiger partial charge in [-0.05, 0) is 6.42 Å². The largest absolute Gasteiger partial charge is 0.396 e. The number of carbonyl (C=O) groups excluding carboxylic acids is 1. The van der Waals surface area contributed by atoms with E-state index in [1.54, 1.807) is 11.0 Å². The Morgan fingerprint density at radius 2 is 2.21 bits per heavy atom. The van der Waals surface area contributed by atoms with Crippen molar-refractivity contribution >= 4 is 23.4 Å². The summed E-state index contributed by atoms with van der Waals surface area (Å²) in [7, 11) is 0. The minimum Gasteiger partial charge on any atom is -0.368 e. The van der Waals surface area contributed by atoms with Crippen LogP contribution in [0.4, 0.5) is 19.1 Å². The number of hydrogen-bond donors (Lipinski definition) is 1. The van der Waals surface area contributed by atoms with Crippen molar-refractivity contribution in [2.24, 2.45) is 5.92 Å². The number of allylic oxidation sites excluding steroid dienone is 2. The van der Waals surface area contributed by atoms with Crippen molar-refractivity contribution in [1.82, 2.24) is 10.1 Å². The highest BCUT2D eigenvalue weighted by atomic mass is 35.5. The molecule has 3 atom stereocenters. The fourth-order valence-corrected chi connectivity index (χ4v) is 3.30. The second kappa shape index (κ2) is 6.16. The number of anilines is 1. The number of hydrogen-bond acceptors (Lipinski definition) is 4. The van der Waals surface area contributed by atoms with Crippen LogP contribution in [0.1, 0.15) is 18.0 Å². The zero-order valence-corrected chi connectivity index (χ0v) is 13.2. The first-order valence-corrected chi connectivity index (χ1v) is 7.81. The molecular weight excluding hydrogens is 347 g/mol. The molecule has 1 amide bonds. The van der Waals surface area contributed by atoms with Gasteiger partial charge in [0.15, 0.2) is 0 Å². The number of alkyl halides is 4. The first kappa shape index (κ1) is 16.9. The van der Waals surface area contributed by atoms with E-state index in [-0.39, 0.29) is 23.3 Å². The van der Waals surface area contributed by atoms with E-state index in [9.17, 15) is 18.0 Å². The van der Waals surface area contributed by atoms with E-state index in [1.165, 1.54) is 12.2 Å². The Hall–Kier alpha value is -1.96. The van der Waals surface area contributed by atoms with Gasteiger partial charge in [-0.3, -0.25) is 4.79 Å². The minimum atomic E-state index is -4.43. The number of nitrogens with zero attached hydrogens (tertiary/aromatic N) is 2. The van der Waals surface area contributed by atoms with Crippen molar-refractivity contribution < 1.29 is 22.5 Å². The third-order valence-electron chi connectivity index (χ3n) is 4.23. The summed E-state index contributed by atoms with van der Waals surface area (Å²) in [5.74, 6) is -1.91. The second-order valence-electron chi connectivity index (χ2n) is 5.88. The number of amides is 1. The van der Waals surface area contributed by atoms with E-state index in [0.717, 1.165) is 6.08 Å². The summed E-state index contributed by atoms with van der Waals surface area (Å²) in [5, 5.41) is 2.55. The molecule has 0 spiro atoms. The van der Waals surface area contributed by atoms with E-state index in [4.69, 9.17) is 21.9 Å². The van der Waals surface area contributed by atoms with E-state index in [1.807, 2.05) is 0 Å². The summed E-state index contributed by atoms with van der Waals surface area (Å²) in [4.78, 5) is 14.1. The van der Waals surface area contributed by atoms with E-state index < -0.39 is 17.5 Å². The molecule has 1 aromatic heterocycles. The van der Waals surface area contributed by atoms with Gasteiger partial charge in [-0.1, -0.05) is 23.4 Å². The lowest BCUT2D eigenvalue weighted by Crippen LogP contribution is -2.34. The van der Waals surface area contributed by atoms with Gasteiger partial charge in [0.2, 0.25) is 5.88 Å². The molecule has 0 radical (unpaired) electrons. The van der Waals surface area contributed by atoms with Crippen LogP contribution in [0.2, 0.25) is 0 Å². The predicted octanol–water partition coefficient (Wildman–Crippen LogP) is 2.85. The Balaban J connectivity index is 1.67. The zero-order valence-electron chi connectivity index (χ0n) is 12.5. The predicted molar refractivity (Wildman–Crippen MR) is 81.3 cm³/mol. The third-order valence-corrected chi connectivity index (χ3v) is 4.63. The number of carbonyl (C=O) groups is 1. The van der Waals surface area contributed by atoms with Gasteiger partial charge in [-0.2, -0.15) is 13.2 Å². The maximum atomic E-state index is 12.8. The lowest BCUT2D eigenvalue weighted by atomic mass is 9.95. The molecule has 1 aliphatic heterocycles. The SMILES string of the molecule is Nc1cc(C2CCN(C(=O)C3=CC(Cl)C(C(F)(F)F)C=C3)C2)no1. The molecule has 1 fully saturated rings. The van der Waals surface area contributed by atoms with Crippen molar-refractivity contribution in [1.29, 1.82) is 0 Å². The maximum Gasteiger partial charge on any atom is 0.396 e. The van der Waals surface area contributed by atoms with Crippen LogP contribution < -0.4 is 5.73 Å². The fraction of sp³-hybridized carbons (Fsp3) is 0.467. The average molecular weight is 362 g/mol. The Morgan fingerprint density at radius 1 is 1.46 bits per heavy atom. The average Bonchev–Trinajstić information content (AvgIpc) is 3.13. The van der Waals surface area contributed by atoms with Crippen LogP contribution in [-0.2, 0) is 4.79 Å². The van der Waals surface area contributed by atoms with Gasteiger partial charge in [0, 0.05) is 30.6 Å². The Labute approximate surface area is 140 Å². The number of rotatable bonds is 2. The number of nitrogens with two attached hydrogens (primary N) is 1. The molecule has 0 aromatic carbocycles. The third kappa shape index (κ3) is 3.28. The molecule has 0 saturated carbocycles. The molecule has 0 bridgehead atoms. The Morgan fingerprint density at radius 3 is 2.79 bits per heavy atom. The van der Waals surface area contributed by atoms with Crippen molar-refractivity contribution in [2.75, 3.05) is 18.8 Å². The lowest BCUT2D eigenvalue weighted by Gasteiger charge is -2.25. The minimum absolute atomic E-state index is 0.00195. The summed E-state index contributed by atoms with van der Waals surface area (Å²) in [6.07, 6.45) is -0.440. The van der Waals surface area contributed by atoms with Crippen LogP contribution >= 0.6 is 11.6 Å². The summed E-state index contributed by atoms with van der Waals surface area (Å²) in [6, 6.07) is 1.61. The summed E-state index contributed by atoms with van der Waals surface area (Å²) in [6.45, 7) is 0.892. The van der Waals surface area contributed by atoms with Crippen LogP contribution in [0.25, 0.3) is 0 Å². The smallest absolute Gasteiger partial charge is 0.368 e. The molecule has 9 heteroatoms. The lowest BCUT2D eigenvalue weighted by molar-refractivity contribution is -0.159. The number of halogens is 4. The van der Waals surface area contributed by atoms with Crippen molar-refractivity contribution in [3.05, 3.63) is 35.6 Å². The Kier molecular flexibility index (Phi) is 4.33. The molecule has 5 nitrogen and oxygen atoms in total. The van der Waals surface area contributed by atoms with Gasteiger partial charge in [0.1, 0.15) is 0 Å². The maximum absolute atomic E-state index is 12.8. The first-order valence-electron chi connectivity index (χ1n) is 7.38. The van der Waals surface area contributed by atoms with E-state index in [2.05, 4.69) is 5.16 Å². The van der Waals surface area contributed by atoms with Gasteiger partial charge in [-0.25, -0.2) is 0 Å². The quantitative estimate of drug-likeness (QED) is 0.822. The molecular formula is C15H15ClF3N3O2. The van der Waals surface area contributed by atoms with Crippen LogP contribution in [0.15, 0.2) is 34.4 Å². The van der Waals surface area contributed by atoms with Gasteiger partial charge < -0.3 is 15.2 Å². The second-order valence-corrected chi connectivity index (χ2v) is 6.39. The normalized spacial score (nSPS) is 27.4. The molecule has 2 heterocycles. The van der Waals surface area contributed by atoms with Crippen LogP contribution in [0.5, 0.6) is 0 Å². The molecule has 1 aromatic rings. The Bertz CT molecular complexity index is 698. The molecule has 130 valence electrons. The highest BCUT2D eigenvalue weighted by Gasteiger charge is 2.43. The highest BCUT2D eigenvalue weighted by Crippen LogP contribution is 2.37. The molecule has 1 saturated heterocycles. The highest BCUT2D eigenvalue weighted by molar-refractivity contribution is 6.22. The monoisotopic (exact) mass is 361 g/mol. The van der Waals surface area contributed by atoms with Crippen molar-refractivity contribution in [2.45, 2.75) is 23.9 Å². The summed E-state index contributed by atoms with van der Waals surface area (Å²) >= 11 is 5.79. The number of aromatic nitrogens is 1. The van der Waals surface area contributed by atoms with E-state index >= 15 is 0 Å². The molecule has 1 aliphatic carbocycles. The van der Waals surface area contributed by atoms with Gasteiger partial charge in [-0.15, -0.1) is 11.6 Å². The zero-order chi connectivity index (χ0) is 17.5. The van der Waals surface area contributed by atoms with Crippen molar-refractivity contribution in [3.8, 4) is 0 Å². The van der Waals surface area contributed by atoms with Crippen molar-refractivity contribution in [3.63, 3.8) is 0 Å². The topological polar surface area (TPSA) is 72.4 Å². The summed E-state index contributed by atoms with van der Waals surface area (Å²) < 4.78 is 43.2. The van der Waals surface area contributed by atoms with Crippen LogP contribution in [-0.4, -0.2) is 40.6 Å².